The van der Waals surface area contributed by atoms with Crippen LogP contribution in [0.15, 0.2) is 47.4 Å². The summed E-state index contributed by atoms with van der Waals surface area (Å²) in [5.74, 6) is 0.342. The number of benzene rings is 2. The smallest absolute Gasteiger partial charge is 0.243 e. The van der Waals surface area contributed by atoms with Crippen LogP contribution in [-0.4, -0.2) is 38.3 Å². The van der Waals surface area contributed by atoms with Crippen LogP contribution in [0.4, 0.5) is 5.69 Å². The quantitative estimate of drug-likeness (QED) is 0.296. The zero-order valence-electron chi connectivity index (χ0n) is 19.1. The molecule has 0 aliphatic carbocycles. The predicted octanol–water partition coefficient (Wildman–Crippen LogP) is 6.38. The Labute approximate surface area is 207 Å². The second-order valence-electron chi connectivity index (χ2n) is 7.71. The highest BCUT2D eigenvalue weighted by atomic mass is 35.5. The molecule has 0 heterocycles. The topological polar surface area (TPSA) is 75.7 Å². The number of anilines is 1. The molecule has 1 N–H and O–H groups in total. The summed E-state index contributed by atoms with van der Waals surface area (Å²) in [4.78, 5) is 12.5. The molecule has 0 unspecified atom stereocenters. The van der Waals surface area contributed by atoms with Crippen molar-refractivity contribution >= 4 is 44.8 Å². The maximum absolute atomic E-state index is 13.0. The van der Waals surface area contributed by atoms with Crippen molar-refractivity contribution in [2.45, 2.75) is 57.3 Å². The molecule has 0 atom stereocenters. The molecule has 0 bridgehead atoms. The zero-order valence-corrected chi connectivity index (χ0v) is 21.5. The Bertz CT molecular complexity index is 990. The van der Waals surface area contributed by atoms with Gasteiger partial charge in [-0.2, -0.15) is 4.31 Å². The number of nitrogens with one attached hydrogen (secondary N) is 1. The number of amides is 1. The number of nitrogens with zero attached hydrogens (tertiary/aromatic N) is 1. The first-order chi connectivity index (χ1) is 15.8. The fourth-order valence-corrected chi connectivity index (χ4v) is 5.09. The van der Waals surface area contributed by atoms with Crippen LogP contribution in [0.3, 0.4) is 0 Å². The Kier molecular flexibility index (Phi) is 11.5. The summed E-state index contributed by atoms with van der Waals surface area (Å²) in [6, 6.07) is 11.3. The van der Waals surface area contributed by atoms with E-state index in [9.17, 15) is 13.2 Å². The largest absolute Gasteiger partial charge is 0.492 e. The second kappa shape index (κ2) is 13.8. The van der Waals surface area contributed by atoms with Crippen LogP contribution in [0.1, 0.15) is 52.4 Å². The summed E-state index contributed by atoms with van der Waals surface area (Å²) in [7, 11) is -3.56. The van der Waals surface area contributed by atoms with Gasteiger partial charge in [0.2, 0.25) is 15.9 Å². The van der Waals surface area contributed by atoms with Crippen LogP contribution in [0.5, 0.6) is 5.75 Å². The molecular weight excluding hydrogens is 483 g/mol. The minimum Gasteiger partial charge on any atom is -0.492 e. The van der Waals surface area contributed by atoms with E-state index in [1.165, 1.54) is 0 Å². The summed E-state index contributed by atoms with van der Waals surface area (Å²) in [6.07, 6.45) is 4.27. The van der Waals surface area contributed by atoms with Gasteiger partial charge in [0.15, 0.2) is 0 Å². The molecular formula is C24H32Cl2N2O4S. The van der Waals surface area contributed by atoms with Gasteiger partial charge in [0.25, 0.3) is 0 Å². The molecule has 33 heavy (non-hydrogen) atoms. The van der Waals surface area contributed by atoms with Gasteiger partial charge in [-0.05, 0) is 61.7 Å². The molecule has 1 amide bonds. The molecule has 2 aromatic rings. The van der Waals surface area contributed by atoms with Crippen molar-refractivity contribution in [1.82, 2.24) is 4.31 Å². The van der Waals surface area contributed by atoms with E-state index in [1.54, 1.807) is 46.8 Å². The van der Waals surface area contributed by atoms with Gasteiger partial charge >= 0.3 is 0 Å². The van der Waals surface area contributed by atoms with Gasteiger partial charge in [-0.3, -0.25) is 4.79 Å². The molecule has 6 nitrogen and oxygen atoms in total. The third-order valence-electron chi connectivity index (χ3n) is 5.00. The standard InChI is InChI=1S/C24H32Cl2N2O4S/c1-3-5-15-28(16-6-4-2)33(30,31)21-12-10-20(11-13-21)27-24(29)8-7-17-32-23-14-9-19(25)18-22(23)26/h9-14,18H,3-8,15-17H2,1-2H3,(H,27,29). The summed E-state index contributed by atoms with van der Waals surface area (Å²) < 4.78 is 33.2. The summed E-state index contributed by atoms with van der Waals surface area (Å²) in [5, 5.41) is 3.74. The molecule has 0 aliphatic heterocycles. The Morgan fingerprint density at radius 3 is 2.18 bits per heavy atom. The van der Waals surface area contributed by atoms with Gasteiger partial charge in [0, 0.05) is 30.2 Å². The first kappa shape index (κ1) is 27.4. The normalized spacial score (nSPS) is 11.5. The monoisotopic (exact) mass is 514 g/mol. The molecule has 0 fully saturated rings. The van der Waals surface area contributed by atoms with Crippen LogP contribution < -0.4 is 10.1 Å². The molecule has 0 radical (unpaired) electrons. The number of ether oxygens (including phenoxy) is 1. The van der Waals surface area contributed by atoms with Gasteiger partial charge in [-0.25, -0.2) is 8.42 Å². The third-order valence-corrected chi connectivity index (χ3v) is 7.44. The van der Waals surface area contributed by atoms with Crippen molar-refractivity contribution in [3.8, 4) is 5.75 Å². The summed E-state index contributed by atoms with van der Waals surface area (Å²) in [6.45, 7) is 5.45. The maximum Gasteiger partial charge on any atom is 0.243 e. The van der Waals surface area contributed by atoms with E-state index >= 15 is 0 Å². The van der Waals surface area contributed by atoms with Crippen molar-refractivity contribution in [1.29, 1.82) is 0 Å². The molecule has 182 valence electrons. The molecule has 9 heteroatoms. The predicted molar refractivity (Wildman–Crippen MR) is 135 cm³/mol. The maximum atomic E-state index is 13.0. The molecule has 0 aliphatic rings. The van der Waals surface area contributed by atoms with Crippen LogP contribution in [0, 0.1) is 0 Å². The van der Waals surface area contributed by atoms with Crippen LogP contribution >= 0.6 is 23.2 Å². The van der Waals surface area contributed by atoms with Crippen LogP contribution in [0.2, 0.25) is 10.0 Å². The Morgan fingerprint density at radius 2 is 1.61 bits per heavy atom. The van der Waals surface area contributed by atoms with E-state index < -0.39 is 10.0 Å². The Balaban J connectivity index is 1.87. The summed E-state index contributed by atoms with van der Waals surface area (Å²) >= 11 is 11.9. The van der Waals surface area contributed by atoms with E-state index in [1.807, 2.05) is 13.8 Å². The first-order valence-corrected chi connectivity index (χ1v) is 13.5. The van der Waals surface area contributed by atoms with Gasteiger partial charge in [0.05, 0.1) is 16.5 Å². The second-order valence-corrected chi connectivity index (χ2v) is 10.5. The van der Waals surface area contributed by atoms with E-state index in [-0.39, 0.29) is 17.2 Å². The van der Waals surface area contributed by atoms with Gasteiger partial charge in [-0.15, -0.1) is 0 Å². The Morgan fingerprint density at radius 1 is 0.970 bits per heavy atom. The fourth-order valence-electron chi connectivity index (χ4n) is 3.11. The molecule has 2 rings (SSSR count). The lowest BCUT2D eigenvalue weighted by Gasteiger charge is -2.22. The number of carbonyl (C=O) groups is 1. The van der Waals surface area contributed by atoms with Gasteiger partial charge in [-0.1, -0.05) is 49.9 Å². The number of carbonyl (C=O) groups excluding carboxylic acids is 1. The average molecular weight is 516 g/mol. The van der Waals surface area contributed by atoms with E-state index in [0.717, 1.165) is 25.7 Å². The van der Waals surface area contributed by atoms with Gasteiger partial charge in [0.1, 0.15) is 5.75 Å². The molecule has 0 aromatic heterocycles. The van der Waals surface area contributed by atoms with E-state index in [0.29, 0.717) is 47.6 Å². The third kappa shape index (κ3) is 8.81. The van der Waals surface area contributed by atoms with Crippen molar-refractivity contribution in [2.75, 3.05) is 25.0 Å². The fraction of sp³-hybridized carbons (Fsp3) is 0.458. The molecule has 2 aromatic carbocycles. The van der Waals surface area contributed by atoms with Crippen molar-refractivity contribution in [3.05, 3.63) is 52.5 Å². The lowest BCUT2D eigenvalue weighted by Crippen LogP contribution is -2.33. The van der Waals surface area contributed by atoms with Crippen molar-refractivity contribution in [2.24, 2.45) is 0 Å². The van der Waals surface area contributed by atoms with Gasteiger partial charge < -0.3 is 10.1 Å². The zero-order chi connectivity index (χ0) is 24.3. The highest BCUT2D eigenvalue weighted by Gasteiger charge is 2.23. The number of hydrogen-bond acceptors (Lipinski definition) is 4. The van der Waals surface area contributed by atoms with Crippen LogP contribution in [0.25, 0.3) is 0 Å². The summed E-state index contributed by atoms with van der Waals surface area (Å²) in [5.41, 5.74) is 0.550. The molecule has 0 spiro atoms. The van der Waals surface area contributed by atoms with Crippen molar-refractivity contribution < 1.29 is 17.9 Å². The number of unbranched alkanes of at least 4 members (excludes halogenated alkanes) is 2. The van der Waals surface area contributed by atoms with Crippen molar-refractivity contribution in [3.63, 3.8) is 0 Å². The number of sulfonamides is 1. The lowest BCUT2D eigenvalue weighted by atomic mass is 10.2. The average Bonchev–Trinajstić information content (AvgIpc) is 2.78. The SMILES string of the molecule is CCCCN(CCCC)S(=O)(=O)c1ccc(NC(=O)CCCOc2ccc(Cl)cc2Cl)cc1. The molecule has 0 saturated heterocycles. The minimum absolute atomic E-state index is 0.177. The highest BCUT2D eigenvalue weighted by Crippen LogP contribution is 2.27. The van der Waals surface area contributed by atoms with E-state index in [2.05, 4.69) is 5.32 Å². The number of halogens is 2. The minimum atomic E-state index is -3.56. The highest BCUT2D eigenvalue weighted by molar-refractivity contribution is 7.89. The molecule has 0 saturated carbocycles. The lowest BCUT2D eigenvalue weighted by molar-refractivity contribution is -0.116. The first-order valence-electron chi connectivity index (χ1n) is 11.3. The van der Waals surface area contributed by atoms with Crippen LogP contribution in [-0.2, 0) is 14.8 Å². The number of rotatable bonds is 14. The Hall–Kier alpha value is -1.80. The van der Waals surface area contributed by atoms with E-state index in [4.69, 9.17) is 27.9 Å². The number of hydrogen-bond donors (Lipinski definition) is 1.